The van der Waals surface area contributed by atoms with Crippen LogP contribution in [0, 0.1) is 0 Å². The summed E-state index contributed by atoms with van der Waals surface area (Å²) in [5, 5.41) is 6.92. The maximum atomic E-state index is 12.9. The number of benzene rings is 1. The zero-order chi connectivity index (χ0) is 23.6. The lowest BCUT2D eigenvalue weighted by molar-refractivity contribution is 0.102. The fraction of sp³-hybridized carbons (Fsp3) is 0.333. The Morgan fingerprint density at radius 3 is 2.64 bits per heavy atom. The van der Waals surface area contributed by atoms with Gasteiger partial charge in [0.15, 0.2) is 8.03 Å². The molecule has 0 aliphatic heterocycles. The van der Waals surface area contributed by atoms with Crippen LogP contribution in [0.15, 0.2) is 53.4 Å². The molecular formula is C24H29N2O5PS. The van der Waals surface area contributed by atoms with Crippen LogP contribution in [0.4, 0.5) is 5.82 Å². The number of hydrogen-bond donors (Lipinski definition) is 1. The first-order valence-electron chi connectivity index (χ1n) is 10.8. The van der Waals surface area contributed by atoms with Gasteiger partial charge in [-0.25, -0.2) is 4.98 Å². The van der Waals surface area contributed by atoms with Crippen LogP contribution in [0.1, 0.15) is 42.3 Å². The standard InChI is InChI=1S/C24H29N2O5PS/c1-4-30-32(28)15-19-5-6-23(25-14-19)26-24(27)20-11-21(13-22(12-20)31-17(2)3)29-9-7-18-8-10-33-16-18/h5-6,8,10-14,16-17,32H,4,7,9,15H2,1-3H3,(H,25,26,27). The van der Waals surface area contributed by atoms with E-state index in [4.69, 9.17) is 14.0 Å². The van der Waals surface area contributed by atoms with Crippen molar-refractivity contribution >= 4 is 31.1 Å². The van der Waals surface area contributed by atoms with E-state index in [1.807, 2.05) is 19.2 Å². The summed E-state index contributed by atoms with van der Waals surface area (Å²) < 4.78 is 28.6. The molecule has 0 fully saturated rings. The third-order valence-electron chi connectivity index (χ3n) is 4.47. The Labute approximate surface area is 199 Å². The second-order valence-electron chi connectivity index (χ2n) is 7.58. The third-order valence-corrected chi connectivity index (χ3v) is 6.51. The smallest absolute Gasteiger partial charge is 0.257 e. The van der Waals surface area contributed by atoms with E-state index >= 15 is 0 Å². The van der Waals surface area contributed by atoms with Crippen LogP contribution in [0.3, 0.4) is 0 Å². The molecule has 0 saturated carbocycles. The number of hydrogen-bond acceptors (Lipinski definition) is 7. The van der Waals surface area contributed by atoms with Crippen LogP contribution >= 0.6 is 19.4 Å². The summed E-state index contributed by atoms with van der Waals surface area (Å²) >= 11 is 1.65. The van der Waals surface area contributed by atoms with Crippen molar-refractivity contribution in [2.75, 3.05) is 18.5 Å². The van der Waals surface area contributed by atoms with Gasteiger partial charge in [-0.05, 0) is 66.9 Å². The van der Waals surface area contributed by atoms with Crippen LogP contribution in [0.5, 0.6) is 11.5 Å². The molecule has 0 aliphatic rings. The number of nitrogens with zero attached hydrogens (tertiary/aromatic N) is 1. The summed E-state index contributed by atoms with van der Waals surface area (Å²) in [6.07, 6.45) is 2.65. The monoisotopic (exact) mass is 488 g/mol. The van der Waals surface area contributed by atoms with Gasteiger partial charge in [0.2, 0.25) is 0 Å². The number of nitrogens with one attached hydrogen (secondary N) is 1. The average molecular weight is 489 g/mol. The second kappa shape index (κ2) is 12.5. The van der Waals surface area contributed by atoms with Crippen molar-refractivity contribution in [2.24, 2.45) is 0 Å². The number of ether oxygens (including phenoxy) is 2. The highest BCUT2D eigenvalue weighted by atomic mass is 32.1. The quantitative estimate of drug-likeness (QED) is 0.324. The van der Waals surface area contributed by atoms with Crippen LogP contribution in [-0.4, -0.2) is 30.2 Å². The van der Waals surface area contributed by atoms with Gasteiger partial charge in [-0.15, -0.1) is 0 Å². The highest BCUT2D eigenvalue weighted by Gasteiger charge is 2.13. The molecule has 1 N–H and O–H groups in total. The summed E-state index contributed by atoms with van der Waals surface area (Å²) in [5.41, 5.74) is 2.42. The Morgan fingerprint density at radius 2 is 1.97 bits per heavy atom. The number of pyridine rings is 1. The van der Waals surface area contributed by atoms with E-state index in [1.165, 1.54) is 5.56 Å². The molecule has 7 nitrogen and oxygen atoms in total. The van der Waals surface area contributed by atoms with Crippen molar-refractivity contribution in [2.45, 2.75) is 39.5 Å². The van der Waals surface area contributed by atoms with Gasteiger partial charge in [0.05, 0.1) is 19.3 Å². The Bertz CT molecular complexity index is 1060. The molecule has 3 rings (SSSR count). The van der Waals surface area contributed by atoms with E-state index in [0.717, 1.165) is 12.0 Å². The lowest BCUT2D eigenvalue weighted by atomic mass is 10.1. The molecule has 1 atom stereocenters. The van der Waals surface area contributed by atoms with E-state index in [1.54, 1.807) is 54.8 Å². The molecule has 0 radical (unpaired) electrons. The number of carbonyl (C=O) groups excluding carboxylic acids is 1. The molecule has 0 spiro atoms. The fourth-order valence-electron chi connectivity index (χ4n) is 3.02. The molecule has 9 heteroatoms. The van der Waals surface area contributed by atoms with Gasteiger partial charge in [0.1, 0.15) is 17.3 Å². The first-order chi connectivity index (χ1) is 15.9. The summed E-state index contributed by atoms with van der Waals surface area (Å²) in [7, 11) is -2.12. The first kappa shape index (κ1) is 25.0. The first-order valence-corrected chi connectivity index (χ1v) is 13.3. The Kier molecular flexibility index (Phi) is 9.48. The van der Waals surface area contributed by atoms with Crippen molar-refractivity contribution in [1.29, 1.82) is 0 Å². The summed E-state index contributed by atoms with van der Waals surface area (Å²) in [4.78, 5) is 17.1. The molecule has 1 aromatic carbocycles. The maximum Gasteiger partial charge on any atom is 0.257 e. The van der Waals surface area contributed by atoms with Crippen molar-refractivity contribution in [3.63, 3.8) is 0 Å². The maximum absolute atomic E-state index is 12.9. The predicted molar refractivity (Wildman–Crippen MR) is 132 cm³/mol. The van der Waals surface area contributed by atoms with Crippen molar-refractivity contribution in [3.8, 4) is 11.5 Å². The number of anilines is 1. The van der Waals surface area contributed by atoms with Crippen LogP contribution in [0.25, 0.3) is 0 Å². The summed E-state index contributed by atoms with van der Waals surface area (Å²) in [6.45, 7) is 6.57. The SMILES string of the molecule is CCO[PH](=O)Cc1ccc(NC(=O)c2cc(OCCc3ccsc3)cc(OC(C)C)c2)nc1. The molecule has 3 aromatic rings. The number of amides is 1. The molecule has 1 unspecified atom stereocenters. The molecule has 176 valence electrons. The fourth-order valence-corrected chi connectivity index (χ4v) is 4.69. The molecule has 0 saturated heterocycles. The van der Waals surface area contributed by atoms with E-state index in [9.17, 15) is 9.36 Å². The molecular weight excluding hydrogens is 459 g/mol. The Morgan fingerprint density at radius 1 is 1.15 bits per heavy atom. The zero-order valence-electron chi connectivity index (χ0n) is 19.0. The molecule has 0 bridgehead atoms. The largest absolute Gasteiger partial charge is 0.493 e. The van der Waals surface area contributed by atoms with Crippen molar-refractivity contribution in [3.05, 3.63) is 70.0 Å². The highest BCUT2D eigenvalue weighted by Crippen LogP contribution is 2.28. The molecule has 2 heterocycles. The molecule has 0 aliphatic carbocycles. The summed E-state index contributed by atoms with van der Waals surface area (Å²) in [6, 6.07) is 10.7. The van der Waals surface area contributed by atoms with E-state index in [0.29, 0.717) is 42.3 Å². The van der Waals surface area contributed by atoms with Crippen LogP contribution in [0.2, 0.25) is 0 Å². The van der Waals surface area contributed by atoms with Gasteiger partial charge in [-0.2, -0.15) is 11.3 Å². The van der Waals surface area contributed by atoms with Gasteiger partial charge in [0, 0.05) is 30.4 Å². The lowest BCUT2D eigenvalue weighted by Crippen LogP contribution is -2.14. The van der Waals surface area contributed by atoms with E-state index in [-0.39, 0.29) is 12.0 Å². The van der Waals surface area contributed by atoms with E-state index in [2.05, 4.69) is 21.7 Å². The average Bonchev–Trinajstić information content (AvgIpc) is 3.28. The van der Waals surface area contributed by atoms with Gasteiger partial charge in [0.25, 0.3) is 5.91 Å². The van der Waals surface area contributed by atoms with Crippen LogP contribution in [-0.2, 0) is 21.7 Å². The molecule has 1 amide bonds. The zero-order valence-corrected chi connectivity index (χ0v) is 20.8. The van der Waals surface area contributed by atoms with E-state index < -0.39 is 8.03 Å². The molecule has 2 aromatic heterocycles. The predicted octanol–water partition coefficient (Wildman–Crippen LogP) is 5.82. The minimum Gasteiger partial charge on any atom is -0.493 e. The Hall–Kier alpha value is -2.67. The van der Waals surface area contributed by atoms with Crippen LogP contribution < -0.4 is 14.8 Å². The van der Waals surface area contributed by atoms with Crippen molar-refractivity contribution < 1.29 is 23.4 Å². The minimum atomic E-state index is -2.12. The Balaban J connectivity index is 1.67. The topological polar surface area (TPSA) is 86.8 Å². The normalized spacial score (nSPS) is 11.9. The number of carbonyl (C=O) groups is 1. The third kappa shape index (κ3) is 8.31. The highest BCUT2D eigenvalue weighted by molar-refractivity contribution is 7.38. The second-order valence-corrected chi connectivity index (χ2v) is 9.74. The number of rotatable bonds is 12. The number of aromatic nitrogens is 1. The van der Waals surface area contributed by atoms with Gasteiger partial charge < -0.3 is 19.3 Å². The van der Waals surface area contributed by atoms with Gasteiger partial charge >= 0.3 is 0 Å². The van der Waals surface area contributed by atoms with Crippen molar-refractivity contribution in [1.82, 2.24) is 4.98 Å². The van der Waals surface area contributed by atoms with Gasteiger partial charge in [-0.3, -0.25) is 9.36 Å². The summed E-state index contributed by atoms with van der Waals surface area (Å²) in [5.74, 6) is 1.20. The number of thiophene rings is 1. The minimum absolute atomic E-state index is 0.0414. The molecule has 33 heavy (non-hydrogen) atoms. The lowest BCUT2D eigenvalue weighted by Gasteiger charge is -2.14. The van der Waals surface area contributed by atoms with Gasteiger partial charge in [-0.1, -0.05) is 6.07 Å².